The second kappa shape index (κ2) is 5.19. The minimum Gasteiger partial charge on any atom is -0.316 e. The van der Waals surface area contributed by atoms with Crippen LogP contribution in [0.5, 0.6) is 0 Å². The monoisotopic (exact) mass is 278 g/mol. The summed E-state index contributed by atoms with van der Waals surface area (Å²) in [7, 11) is 2.14. The molecule has 2 heterocycles. The summed E-state index contributed by atoms with van der Waals surface area (Å²) in [6.45, 7) is 8.53. The van der Waals surface area contributed by atoms with E-state index in [0.29, 0.717) is 11.5 Å². The largest absolute Gasteiger partial charge is 0.316 e. The lowest BCUT2D eigenvalue weighted by Crippen LogP contribution is -2.44. The zero-order valence-electron chi connectivity index (χ0n) is 12.4. The van der Waals surface area contributed by atoms with Gasteiger partial charge in [-0.05, 0) is 54.7 Å². The highest BCUT2D eigenvalue weighted by Crippen LogP contribution is 2.41. The molecule has 1 saturated carbocycles. The van der Waals surface area contributed by atoms with Crippen LogP contribution in [0.4, 0.5) is 0 Å². The van der Waals surface area contributed by atoms with Crippen molar-refractivity contribution >= 4 is 11.3 Å². The average molecular weight is 278 g/mol. The molecule has 0 spiro atoms. The first-order chi connectivity index (χ1) is 9.10. The van der Waals surface area contributed by atoms with E-state index in [9.17, 15) is 0 Å². The molecule has 19 heavy (non-hydrogen) atoms. The van der Waals surface area contributed by atoms with Gasteiger partial charge in [0.25, 0.3) is 0 Å². The van der Waals surface area contributed by atoms with Crippen molar-refractivity contribution in [2.45, 2.75) is 45.7 Å². The normalized spacial score (nSPS) is 30.5. The molecule has 1 N–H and O–H groups in total. The van der Waals surface area contributed by atoms with E-state index < -0.39 is 0 Å². The van der Waals surface area contributed by atoms with Gasteiger partial charge >= 0.3 is 0 Å². The predicted molar refractivity (Wildman–Crippen MR) is 82.7 cm³/mol. The fourth-order valence-corrected chi connectivity index (χ4v) is 5.02. The highest BCUT2D eigenvalue weighted by atomic mass is 32.1. The summed E-state index contributed by atoms with van der Waals surface area (Å²) in [5, 5.41) is 5.84. The van der Waals surface area contributed by atoms with E-state index in [2.05, 4.69) is 42.6 Å². The van der Waals surface area contributed by atoms with Gasteiger partial charge in [0.1, 0.15) is 0 Å². The molecule has 1 aromatic heterocycles. The molecule has 106 valence electrons. The Kier molecular flexibility index (Phi) is 3.71. The molecule has 0 radical (unpaired) electrons. The zero-order chi connectivity index (χ0) is 13.5. The fourth-order valence-electron chi connectivity index (χ4n) is 4.14. The van der Waals surface area contributed by atoms with Gasteiger partial charge in [-0.1, -0.05) is 13.8 Å². The summed E-state index contributed by atoms with van der Waals surface area (Å²) in [6, 6.07) is 3.00. The fraction of sp³-hybridized carbons (Fsp3) is 0.750. The van der Waals surface area contributed by atoms with Crippen molar-refractivity contribution in [3.8, 4) is 0 Å². The Morgan fingerprint density at radius 1 is 1.47 bits per heavy atom. The lowest BCUT2D eigenvalue weighted by Gasteiger charge is -2.35. The van der Waals surface area contributed by atoms with Crippen molar-refractivity contribution in [1.29, 1.82) is 0 Å². The topological polar surface area (TPSA) is 15.3 Å². The molecule has 0 amide bonds. The first kappa shape index (κ1) is 13.6. The lowest BCUT2D eigenvalue weighted by atomic mass is 9.84. The summed E-state index contributed by atoms with van der Waals surface area (Å²) >= 11 is 1.94. The Balaban J connectivity index is 1.64. The summed E-state index contributed by atoms with van der Waals surface area (Å²) < 4.78 is 0. The Labute approximate surface area is 121 Å². The molecule has 1 aromatic rings. The van der Waals surface area contributed by atoms with Crippen molar-refractivity contribution in [2.75, 3.05) is 20.1 Å². The van der Waals surface area contributed by atoms with Gasteiger partial charge in [0.2, 0.25) is 0 Å². The van der Waals surface area contributed by atoms with Crippen LogP contribution < -0.4 is 5.32 Å². The van der Waals surface area contributed by atoms with Crippen LogP contribution in [-0.4, -0.2) is 31.1 Å². The van der Waals surface area contributed by atoms with Gasteiger partial charge < -0.3 is 5.32 Å². The van der Waals surface area contributed by atoms with Crippen LogP contribution in [0.15, 0.2) is 11.4 Å². The minimum atomic E-state index is 0.461. The second-order valence-electron chi connectivity index (χ2n) is 6.91. The van der Waals surface area contributed by atoms with E-state index >= 15 is 0 Å². The number of nitrogens with zero attached hydrogens (tertiary/aromatic N) is 1. The van der Waals surface area contributed by atoms with E-state index in [4.69, 9.17) is 0 Å². The molecule has 3 rings (SSSR count). The molecule has 1 aliphatic carbocycles. The molecular formula is C16H26N2S. The third-order valence-electron chi connectivity index (χ3n) is 5.16. The maximum Gasteiger partial charge on any atom is 0.0245 e. The van der Waals surface area contributed by atoms with Crippen molar-refractivity contribution in [3.63, 3.8) is 0 Å². The first-order valence-corrected chi connectivity index (χ1v) is 8.43. The van der Waals surface area contributed by atoms with Gasteiger partial charge in [0.05, 0.1) is 0 Å². The zero-order valence-corrected chi connectivity index (χ0v) is 13.2. The highest BCUT2D eigenvalue weighted by molar-refractivity contribution is 7.10. The number of fused-ring (bicyclic) bond motifs is 1. The summed E-state index contributed by atoms with van der Waals surface area (Å²) in [5.41, 5.74) is 2.04. The van der Waals surface area contributed by atoms with Gasteiger partial charge in [-0.2, -0.15) is 0 Å². The van der Waals surface area contributed by atoms with Crippen LogP contribution in [0.1, 0.15) is 37.1 Å². The van der Waals surface area contributed by atoms with Crippen LogP contribution in [0.25, 0.3) is 0 Å². The molecule has 2 aliphatic rings. The summed E-state index contributed by atoms with van der Waals surface area (Å²) in [6.07, 6.45) is 4.00. The van der Waals surface area contributed by atoms with Crippen molar-refractivity contribution < 1.29 is 0 Å². The van der Waals surface area contributed by atoms with Gasteiger partial charge in [-0.3, -0.25) is 4.90 Å². The molecule has 1 aliphatic heterocycles. The number of nitrogens with one attached hydrogen (secondary N) is 1. The average Bonchev–Trinajstić information content (AvgIpc) is 2.93. The molecule has 1 fully saturated rings. The minimum absolute atomic E-state index is 0.461. The number of thiophene rings is 1. The number of hydrogen-bond donors (Lipinski definition) is 1. The van der Waals surface area contributed by atoms with Gasteiger partial charge in [-0.25, -0.2) is 0 Å². The summed E-state index contributed by atoms with van der Waals surface area (Å²) in [4.78, 5) is 4.29. The molecule has 3 heteroatoms. The van der Waals surface area contributed by atoms with Crippen LogP contribution in [-0.2, 0) is 13.0 Å². The quantitative estimate of drug-likeness (QED) is 0.914. The SMILES string of the molecule is CNC1C(CN2CCc3sccc3C2)CCC1(C)C. The second-order valence-corrected chi connectivity index (χ2v) is 7.91. The molecule has 0 aromatic carbocycles. The Morgan fingerprint density at radius 3 is 3.11 bits per heavy atom. The van der Waals surface area contributed by atoms with E-state index in [1.54, 1.807) is 10.4 Å². The third kappa shape index (κ3) is 2.61. The molecule has 2 unspecified atom stereocenters. The third-order valence-corrected chi connectivity index (χ3v) is 6.19. The molecule has 0 saturated heterocycles. The van der Waals surface area contributed by atoms with Crippen LogP contribution >= 0.6 is 11.3 Å². The molecular weight excluding hydrogens is 252 g/mol. The molecule has 2 atom stereocenters. The molecule has 0 bridgehead atoms. The van der Waals surface area contributed by atoms with E-state index in [1.165, 1.54) is 38.9 Å². The Hall–Kier alpha value is -0.380. The predicted octanol–water partition coefficient (Wildman–Crippen LogP) is 3.13. The van der Waals surface area contributed by atoms with E-state index in [-0.39, 0.29) is 0 Å². The van der Waals surface area contributed by atoms with Crippen molar-refractivity contribution in [3.05, 3.63) is 21.9 Å². The van der Waals surface area contributed by atoms with Crippen LogP contribution in [0.2, 0.25) is 0 Å². The Bertz CT molecular complexity index is 438. The van der Waals surface area contributed by atoms with E-state index in [0.717, 1.165) is 5.92 Å². The summed E-state index contributed by atoms with van der Waals surface area (Å²) in [5.74, 6) is 0.820. The van der Waals surface area contributed by atoms with Crippen molar-refractivity contribution in [1.82, 2.24) is 10.2 Å². The first-order valence-electron chi connectivity index (χ1n) is 7.55. The maximum absolute atomic E-state index is 3.58. The highest BCUT2D eigenvalue weighted by Gasteiger charge is 2.41. The van der Waals surface area contributed by atoms with Gasteiger partial charge in [0.15, 0.2) is 0 Å². The van der Waals surface area contributed by atoms with E-state index in [1.807, 2.05) is 11.3 Å². The number of rotatable bonds is 3. The lowest BCUT2D eigenvalue weighted by molar-refractivity contribution is 0.178. The standard InChI is InChI=1S/C16H26N2S/c1-16(2)7-4-13(15(16)17-3)11-18-8-5-14-12(10-18)6-9-19-14/h6,9,13,15,17H,4-5,7-8,10-11H2,1-3H3. The molecule has 2 nitrogen and oxygen atoms in total. The van der Waals surface area contributed by atoms with Gasteiger partial charge in [-0.15, -0.1) is 11.3 Å². The van der Waals surface area contributed by atoms with Gasteiger partial charge in [0, 0.05) is 30.6 Å². The van der Waals surface area contributed by atoms with Crippen LogP contribution in [0.3, 0.4) is 0 Å². The number of hydrogen-bond acceptors (Lipinski definition) is 3. The van der Waals surface area contributed by atoms with Crippen LogP contribution in [0, 0.1) is 11.3 Å². The van der Waals surface area contributed by atoms with Crippen molar-refractivity contribution in [2.24, 2.45) is 11.3 Å². The Morgan fingerprint density at radius 2 is 2.32 bits per heavy atom. The maximum atomic E-state index is 3.58. The smallest absolute Gasteiger partial charge is 0.0245 e.